The predicted octanol–water partition coefficient (Wildman–Crippen LogP) is 3.89. The van der Waals surface area contributed by atoms with Gasteiger partial charge in [-0.25, -0.2) is 0 Å². The van der Waals surface area contributed by atoms with E-state index >= 15 is 0 Å². The number of nitrogens with one attached hydrogen (secondary N) is 1. The fourth-order valence-corrected chi connectivity index (χ4v) is 2.20. The van der Waals surface area contributed by atoms with E-state index in [1.165, 1.54) is 16.7 Å². The van der Waals surface area contributed by atoms with E-state index in [4.69, 9.17) is 0 Å². The van der Waals surface area contributed by atoms with Gasteiger partial charge in [0, 0.05) is 6.04 Å². The lowest BCUT2D eigenvalue weighted by molar-refractivity contribution is 0.543. The molecule has 0 saturated carbocycles. The minimum absolute atomic E-state index is 0.576. The van der Waals surface area contributed by atoms with Gasteiger partial charge in [-0.15, -0.1) is 0 Å². The third kappa shape index (κ3) is 3.21. The van der Waals surface area contributed by atoms with E-state index in [1.807, 2.05) is 7.05 Å². The highest BCUT2D eigenvalue weighted by Crippen LogP contribution is 2.19. The van der Waals surface area contributed by atoms with Crippen molar-refractivity contribution in [3.63, 3.8) is 0 Å². The van der Waals surface area contributed by atoms with Crippen LogP contribution in [-0.4, -0.2) is 13.1 Å². The summed E-state index contributed by atoms with van der Waals surface area (Å²) in [5.41, 5.74) is 3.97. The third-order valence-electron chi connectivity index (χ3n) is 3.44. The lowest BCUT2D eigenvalue weighted by Crippen LogP contribution is -2.26. The van der Waals surface area contributed by atoms with E-state index in [1.54, 1.807) is 0 Å². The molecule has 0 spiro atoms. The topological polar surface area (TPSA) is 12.0 Å². The summed E-state index contributed by atoms with van der Waals surface area (Å²) >= 11 is 0. The van der Waals surface area contributed by atoms with Crippen molar-refractivity contribution in [2.45, 2.75) is 25.8 Å². The maximum absolute atomic E-state index is 3.35. The van der Waals surface area contributed by atoms with Crippen molar-refractivity contribution in [1.82, 2.24) is 5.32 Å². The molecule has 0 heterocycles. The van der Waals surface area contributed by atoms with Gasteiger partial charge in [-0.3, -0.25) is 0 Å². The van der Waals surface area contributed by atoms with Crippen molar-refractivity contribution in [2.75, 3.05) is 7.05 Å². The lowest BCUT2D eigenvalue weighted by Gasteiger charge is -2.13. The summed E-state index contributed by atoms with van der Waals surface area (Å²) < 4.78 is 0. The first-order valence-corrected chi connectivity index (χ1v) is 6.65. The van der Waals surface area contributed by atoms with Crippen LogP contribution in [-0.2, 0) is 6.42 Å². The van der Waals surface area contributed by atoms with E-state index in [-0.39, 0.29) is 0 Å². The zero-order valence-corrected chi connectivity index (χ0v) is 11.2. The molecule has 0 aliphatic rings. The lowest BCUT2D eigenvalue weighted by atomic mass is 10.00. The summed E-state index contributed by atoms with van der Waals surface area (Å²) in [6, 6.07) is 20.0. The third-order valence-corrected chi connectivity index (χ3v) is 3.44. The highest BCUT2D eigenvalue weighted by atomic mass is 14.9. The minimum Gasteiger partial charge on any atom is -0.317 e. The Bertz CT molecular complexity index is 455. The van der Waals surface area contributed by atoms with Crippen molar-refractivity contribution in [2.24, 2.45) is 0 Å². The molecule has 1 heteroatoms. The Kier molecular flexibility index (Phi) is 4.54. The van der Waals surface area contributed by atoms with Crippen LogP contribution in [0.15, 0.2) is 54.6 Å². The Morgan fingerprint density at radius 3 is 2.06 bits per heavy atom. The van der Waals surface area contributed by atoms with E-state index in [0.717, 1.165) is 12.8 Å². The molecule has 94 valence electrons. The highest BCUT2D eigenvalue weighted by molar-refractivity contribution is 5.63. The number of rotatable bonds is 5. The van der Waals surface area contributed by atoms with Crippen LogP contribution in [0, 0.1) is 0 Å². The SMILES string of the molecule is CCC(Cc1ccc(-c2ccccc2)cc1)NC. The summed E-state index contributed by atoms with van der Waals surface area (Å²) in [4.78, 5) is 0. The number of hydrogen-bond donors (Lipinski definition) is 1. The van der Waals surface area contributed by atoms with Gasteiger partial charge in [0.15, 0.2) is 0 Å². The van der Waals surface area contributed by atoms with E-state index in [9.17, 15) is 0 Å². The first-order chi connectivity index (χ1) is 8.83. The monoisotopic (exact) mass is 239 g/mol. The number of likely N-dealkylation sites (N-methyl/N-ethyl adjacent to an activating group) is 1. The molecule has 1 atom stereocenters. The van der Waals surface area contributed by atoms with Crippen molar-refractivity contribution in [3.8, 4) is 11.1 Å². The minimum atomic E-state index is 0.576. The average molecular weight is 239 g/mol. The van der Waals surface area contributed by atoms with Crippen LogP contribution in [0.3, 0.4) is 0 Å². The molecular formula is C17H21N. The fraction of sp³-hybridized carbons (Fsp3) is 0.294. The molecule has 1 nitrogen and oxygen atoms in total. The van der Waals surface area contributed by atoms with Gasteiger partial charge >= 0.3 is 0 Å². The Labute approximate surface area is 110 Å². The predicted molar refractivity (Wildman–Crippen MR) is 78.7 cm³/mol. The summed E-state index contributed by atoms with van der Waals surface area (Å²) in [5.74, 6) is 0. The molecule has 1 N–H and O–H groups in total. The van der Waals surface area contributed by atoms with Crippen LogP contribution < -0.4 is 5.32 Å². The van der Waals surface area contributed by atoms with Gasteiger partial charge < -0.3 is 5.32 Å². The van der Waals surface area contributed by atoms with Gasteiger partial charge in [-0.1, -0.05) is 61.5 Å². The highest BCUT2D eigenvalue weighted by Gasteiger charge is 2.04. The van der Waals surface area contributed by atoms with Gasteiger partial charge in [0.1, 0.15) is 0 Å². The average Bonchev–Trinajstić information content (AvgIpc) is 2.46. The summed E-state index contributed by atoms with van der Waals surface area (Å²) in [6.45, 7) is 2.22. The first kappa shape index (κ1) is 12.8. The Balaban J connectivity index is 2.11. The summed E-state index contributed by atoms with van der Waals surface area (Å²) in [7, 11) is 2.03. The van der Waals surface area contributed by atoms with Crippen LogP contribution in [0.2, 0.25) is 0 Å². The number of hydrogen-bond acceptors (Lipinski definition) is 1. The van der Waals surface area contributed by atoms with Crippen molar-refractivity contribution >= 4 is 0 Å². The largest absolute Gasteiger partial charge is 0.317 e. The molecule has 0 aromatic heterocycles. The van der Waals surface area contributed by atoms with E-state index < -0.39 is 0 Å². The van der Waals surface area contributed by atoms with Gasteiger partial charge in [0.2, 0.25) is 0 Å². The molecular weight excluding hydrogens is 218 g/mol. The quantitative estimate of drug-likeness (QED) is 0.834. The first-order valence-electron chi connectivity index (χ1n) is 6.65. The van der Waals surface area contributed by atoms with Gasteiger partial charge in [-0.2, -0.15) is 0 Å². The maximum atomic E-state index is 3.35. The van der Waals surface area contributed by atoms with Crippen LogP contribution in [0.1, 0.15) is 18.9 Å². The molecule has 0 fully saturated rings. The Hall–Kier alpha value is -1.60. The van der Waals surface area contributed by atoms with Crippen molar-refractivity contribution in [3.05, 3.63) is 60.2 Å². The molecule has 0 bridgehead atoms. The molecule has 0 amide bonds. The van der Waals surface area contributed by atoms with Gasteiger partial charge in [-0.05, 0) is 36.6 Å². The Morgan fingerprint density at radius 2 is 1.50 bits per heavy atom. The number of benzene rings is 2. The molecule has 1 unspecified atom stereocenters. The molecule has 0 radical (unpaired) electrons. The second kappa shape index (κ2) is 6.36. The second-order valence-corrected chi connectivity index (χ2v) is 4.66. The molecule has 0 aliphatic heterocycles. The van der Waals surface area contributed by atoms with Crippen molar-refractivity contribution < 1.29 is 0 Å². The van der Waals surface area contributed by atoms with E-state index in [0.29, 0.717) is 6.04 Å². The second-order valence-electron chi connectivity index (χ2n) is 4.66. The summed E-state index contributed by atoms with van der Waals surface area (Å²) in [6.07, 6.45) is 2.26. The fourth-order valence-electron chi connectivity index (χ4n) is 2.20. The molecule has 2 aromatic carbocycles. The van der Waals surface area contributed by atoms with Crippen LogP contribution in [0.25, 0.3) is 11.1 Å². The van der Waals surface area contributed by atoms with Crippen LogP contribution >= 0.6 is 0 Å². The smallest absolute Gasteiger partial charge is 0.0102 e. The Morgan fingerprint density at radius 1 is 0.889 bits per heavy atom. The van der Waals surface area contributed by atoms with Gasteiger partial charge in [0.05, 0.1) is 0 Å². The van der Waals surface area contributed by atoms with Gasteiger partial charge in [0.25, 0.3) is 0 Å². The van der Waals surface area contributed by atoms with Crippen LogP contribution in [0.5, 0.6) is 0 Å². The molecule has 18 heavy (non-hydrogen) atoms. The molecule has 2 rings (SSSR count). The normalized spacial score (nSPS) is 12.3. The van der Waals surface area contributed by atoms with E-state index in [2.05, 4.69) is 66.8 Å². The molecule has 2 aromatic rings. The molecule has 0 saturated heterocycles. The standard InChI is InChI=1S/C17H21N/c1-3-17(18-2)13-14-9-11-16(12-10-14)15-7-5-4-6-8-15/h4-12,17-18H,3,13H2,1-2H3. The zero-order chi connectivity index (χ0) is 12.8. The summed E-state index contributed by atoms with van der Waals surface area (Å²) in [5, 5.41) is 3.35. The zero-order valence-electron chi connectivity index (χ0n) is 11.2. The van der Waals surface area contributed by atoms with Crippen LogP contribution in [0.4, 0.5) is 0 Å². The van der Waals surface area contributed by atoms with Crippen molar-refractivity contribution in [1.29, 1.82) is 0 Å². The molecule has 0 aliphatic carbocycles. The maximum Gasteiger partial charge on any atom is 0.0102 e.